The highest BCUT2D eigenvalue weighted by Gasteiger charge is 2.45. The smallest absolute Gasteiger partial charge is 0.313 e. The summed E-state index contributed by atoms with van der Waals surface area (Å²) in [5.41, 5.74) is 0.623. The Labute approximate surface area is 184 Å². The van der Waals surface area contributed by atoms with E-state index in [2.05, 4.69) is 0 Å². The van der Waals surface area contributed by atoms with Crippen LogP contribution in [0.3, 0.4) is 0 Å². The Kier molecular flexibility index (Phi) is 5.70. The van der Waals surface area contributed by atoms with Gasteiger partial charge in [0.25, 0.3) is 11.6 Å². The van der Waals surface area contributed by atoms with Gasteiger partial charge in [0, 0.05) is 24.2 Å². The van der Waals surface area contributed by atoms with Crippen LogP contribution in [-0.4, -0.2) is 65.7 Å². The number of nitrogens with zero attached hydrogens (tertiary/aromatic N) is 3. The van der Waals surface area contributed by atoms with Crippen LogP contribution in [0.25, 0.3) is 0 Å². The molecule has 2 aliphatic rings. The van der Waals surface area contributed by atoms with Crippen LogP contribution in [0.15, 0.2) is 36.4 Å². The highest BCUT2D eigenvalue weighted by atomic mass is 16.7. The summed E-state index contributed by atoms with van der Waals surface area (Å²) in [5, 5.41) is 21.5. The van der Waals surface area contributed by atoms with Gasteiger partial charge in [-0.2, -0.15) is 0 Å². The number of carbonyl (C=O) groups excluding carboxylic acids is 1. The Morgan fingerprint density at radius 2 is 1.97 bits per heavy atom. The molecule has 0 saturated heterocycles. The van der Waals surface area contributed by atoms with E-state index in [1.807, 2.05) is 19.0 Å². The third-order valence-corrected chi connectivity index (χ3v) is 5.73. The van der Waals surface area contributed by atoms with Crippen LogP contribution in [0.1, 0.15) is 39.9 Å². The summed E-state index contributed by atoms with van der Waals surface area (Å²) in [6.45, 7) is 1.10. The van der Waals surface area contributed by atoms with Gasteiger partial charge >= 0.3 is 5.97 Å². The molecule has 2 atom stereocenters. The molecule has 0 aromatic heterocycles. The lowest BCUT2D eigenvalue weighted by Gasteiger charge is -2.41. The Morgan fingerprint density at radius 1 is 1.22 bits per heavy atom. The van der Waals surface area contributed by atoms with E-state index in [1.54, 1.807) is 23.1 Å². The minimum atomic E-state index is -1.18. The first-order valence-corrected chi connectivity index (χ1v) is 10.1. The van der Waals surface area contributed by atoms with Gasteiger partial charge in [0.2, 0.25) is 6.79 Å². The zero-order valence-electron chi connectivity index (χ0n) is 17.7. The molecule has 0 fully saturated rings. The molecule has 2 aromatic carbocycles. The maximum Gasteiger partial charge on any atom is 0.313 e. The van der Waals surface area contributed by atoms with Gasteiger partial charge in [0.15, 0.2) is 11.5 Å². The van der Waals surface area contributed by atoms with Crippen molar-refractivity contribution in [3.8, 4) is 11.5 Å². The van der Waals surface area contributed by atoms with E-state index in [9.17, 15) is 24.8 Å². The monoisotopic (exact) mass is 441 g/mol. The molecule has 0 radical (unpaired) electrons. The summed E-state index contributed by atoms with van der Waals surface area (Å²) in [7, 11) is 3.84. The van der Waals surface area contributed by atoms with Crippen molar-refractivity contribution in [2.75, 3.05) is 34.0 Å². The lowest BCUT2D eigenvalue weighted by Crippen LogP contribution is -2.45. The molecule has 0 aliphatic carbocycles. The third kappa shape index (κ3) is 3.84. The number of benzene rings is 2. The number of ether oxygens (including phenoxy) is 2. The quantitative estimate of drug-likeness (QED) is 0.514. The summed E-state index contributed by atoms with van der Waals surface area (Å²) in [6.07, 6.45) is 0.633. The second-order valence-corrected chi connectivity index (χ2v) is 8.06. The zero-order valence-corrected chi connectivity index (χ0v) is 17.7. The Morgan fingerprint density at radius 3 is 2.66 bits per heavy atom. The number of non-ortho nitro benzene ring substituents is 1. The molecule has 10 heteroatoms. The SMILES string of the molecule is CN(C)CCCN1C(=O)c2ccc([N+](=O)[O-])cc2C(C(=O)O)C1c1ccc2c(c1)OCO2. The number of carboxylic acid groups (broad SMARTS) is 1. The first kappa shape index (κ1) is 21.6. The number of fused-ring (bicyclic) bond motifs is 2. The Bertz CT molecular complexity index is 1090. The Balaban J connectivity index is 1.84. The molecule has 0 bridgehead atoms. The molecule has 4 rings (SSSR count). The van der Waals surface area contributed by atoms with Crippen molar-refractivity contribution in [2.24, 2.45) is 0 Å². The number of carboxylic acids is 1. The molecule has 2 aliphatic heterocycles. The van der Waals surface area contributed by atoms with Crippen molar-refractivity contribution in [2.45, 2.75) is 18.4 Å². The van der Waals surface area contributed by atoms with Crippen LogP contribution in [0.4, 0.5) is 5.69 Å². The first-order valence-electron chi connectivity index (χ1n) is 10.1. The van der Waals surface area contributed by atoms with Crippen LogP contribution in [0.5, 0.6) is 11.5 Å². The number of nitro benzene ring substituents is 1. The first-order chi connectivity index (χ1) is 15.3. The van der Waals surface area contributed by atoms with Gasteiger partial charge in [-0.1, -0.05) is 6.07 Å². The second-order valence-electron chi connectivity index (χ2n) is 8.06. The van der Waals surface area contributed by atoms with Crippen LogP contribution in [-0.2, 0) is 4.79 Å². The van der Waals surface area contributed by atoms with E-state index in [0.717, 1.165) is 0 Å². The molecule has 0 saturated carbocycles. The molecular formula is C22H23N3O7. The number of amides is 1. The van der Waals surface area contributed by atoms with E-state index >= 15 is 0 Å². The van der Waals surface area contributed by atoms with Gasteiger partial charge in [0.1, 0.15) is 5.92 Å². The topological polar surface area (TPSA) is 122 Å². The second kappa shape index (κ2) is 8.46. The van der Waals surface area contributed by atoms with Gasteiger partial charge in [-0.25, -0.2) is 0 Å². The van der Waals surface area contributed by atoms with Gasteiger partial charge in [-0.05, 0) is 56.4 Å². The van der Waals surface area contributed by atoms with E-state index in [1.165, 1.54) is 18.2 Å². The van der Waals surface area contributed by atoms with Gasteiger partial charge in [-0.15, -0.1) is 0 Å². The molecule has 32 heavy (non-hydrogen) atoms. The minimum Gasteiger partial charge on any atom is -0.481 e. The highest BCUT2D eigenvalue weighted by molar-refractivity contribution is 6.00. The number of aliphatic carboxylic acids is 1. The summed E-state index contributed by atoms with van der Waals surface area (Å²) < 4.78 is 10.8. The van der Waals surface area contributed by atoms with E-state index in [4.69, 9.17) is 9.47 Å². The Hall–Kier alpha value is -3.66. The summed E-state index contributed by atoms with van der Waals surface area (Å²) in [5.74, 6) is -1.69. The summed E-state index contributed by atoms with van der Waals surface area (Å²) in [4.78, 5) is 40.2. The van der Waals surface area contributed by atoms with Crippen molar-refractivity contribution < 1.29 is 29.1 Å². The van der Waals surface area contributed by atoms with Crippen molar-refractivity contribution in [1.82, 2.24) is 9.80 Å². The van der Waals surface area contributed by atoms with Crippen LogP contribution < -0.4 is 9.47 Å². The van der Waals surface area contributed by atoms with Gasteiger partial charge < -0.3 is 24.4 Å². The van der Waals surface area contributed by atoms with Gasteiger partial charge in [0.05, 0.1) is 11.0 Å². The van der Waals surface area contributed by atoms with E-state index < -0.39 is 22.9 Å². The molecular weight excluding hydrogens is 418 g/mol. The fraction of sp³-hybridized carbons (Fsp3) is 0.364. The fourth-order valence-electron chi connectivity index (χ4n) is 4.28. The lowest BCUT2D eigenvalue weighted by atomic mass is 9.79. The maximum atomic E-state index is 13.5. The van der Waals surface area contributed by atoms with Crippen molar-refractivity contribution in [3.63, 3.8) is 0 Å². The largest absolute Gasteiger partial charge is 0.481 e. The molecule has 2 heterocycles. The normalized spacial score (nSPS) is 19.2. The molecule has 10 nitrogen and oxygen atoms in total. The molecule has 1 amide bonds. The number of hydrogen-bond acceptors (Lipinski definition) is 7. The molecule has 2 aromatic rings. The van der Waals surface area contributed by atoms with Crippen LogP contribution >= 0.6 is 0 Å². The molecule has 1 N–H and O–H groups in total. The molecule has 0 spiro atoms. The predicted octanol–water partition coefficient (Wildman–Crippen LogP) is 2.64. The summed E-state index contributed by atoms with van der Waals surface area (Å²) in [6, 6.07) is 7.99. The standard InChI is InChI=1S/C22H23N3O7/c1-23(2)8-3-9-24-20(13-4-7-17-18(10-13)32-12-31-17)19(22(27)28)16-11-14(25(29)30)5-6-15(16)21(24)26/h4-7,10-11,19-20H,3,8-9,12H2,1-2H3,(H,27,28). The fourth-order valence-corrected chi connectivity index (χ4v) is 4.28. The van der Waals surface area contributed by atoms with Crippen molar-refractivity contribution in [1.29, 1.82) is 0 Å². The van der Waals surface area contributed by atoms with Gasteiger partial charge in [-0.3, -0.25) is 19.7 Å². The van der Waals surface area contributed by atoms with E-state index in [0.29, 0.717) is 36.6 Å². The number of nitro groups is 1. The number of rotatable bonds is 7. The van der Waals surface area contributed by atoms with E-state index in [-0.39, 0.29) is 29.5 Å². The number of carbonyl (C=O) groups is 2. The minimum absolute atomic E-state index is 0.0618. The van der Waals surface area contributed by atoms with Crippen molar-refractivity contribution >= 4 is 17.6 Å². The average Bonchev–Trinajstić information content (AvgIpc) is 3.22. The summed E-state index contributed by atoms with van der Waals surface area (Å²) >= 11 is 0. The third-order valence-electron chi connectivity index (χ3n) is 5.73. The molecule has 2 unspecified atom stereocenters. The maximum absolute atomic E-state index is 13.5. The number of hydrogen-bond donors (Lipinski definition) is 1. The lowest BCUT2D eigenvalue weighted by molar-refractivity contribution is -0.384. The van der Waals surface area contributed by atoms with Crippen LogP contribution in [0.2, 0.25) is 0 Å². The molecule has 168 valence electrons. The highest BCUT2D eigenvalue weighted by Crippen LogP contribution is 2.46. The zero-order chi connectivity index (χ0) is 23.0. The average molecular weight is 441 g/mol. The predicted molar refractivity (Wildman–Crippen MR) is 113 cm³/mol. The van der Waals surface area contributed by atoms with Crippen molar-refractivity contribution in [3.05, 3.63) is 63.2 Å². The van der Waals surface area contributed by atoms with Crippen LogP contribution in [0, 0.1) is 10.1 Å².